The minimum Gasteiger partial charge on any atom is -0.495 e. The second-order valence-corrected chi connectivity index (χ2v) is 7.77. The van der Waals surface area contributed by atoms with Crippen LogP contribution in [0.1, 0.15) is 44.6 Å². The van der Waals surface area contributed by atoms with Crippen LogP contribution >= 0.6 is 11.3 Å². The number of fused-ring (bicyclic) bond motifs is 1. The molecule has 1 aliphatic carbocycles. The van der Waals surface area contributed by atoms with Gasteiger partial charge in [-0.3, -0.25) is 0 Å². The van der Waals surface area contributed by atoms with E-state index in [2.05, 4.69) is 48.0 Å². The summed E-state index contributed by atoms with van der Waals surface area (Å²) in [5.74, 6) is 1.76. The van der Waals surface area contributed by atoms with Crippen LogP contribution in [0.5, 0.6) is 0 Å². The molecule has 124 valence electrons. The van der Waals surface area contributed by atoms with E-state index in [0.717, 1.165) is 19.0 Å². The van der Waals surface area contributed by atoms with Gasteiger partial charge >= 0.3 is 0 Å². The minimum absolute atomic E-state index is 0.207. The topological polar surface area (TPSA) is 23.5 Å². The zero-order valence-corrected chi connectivity index (χ0v) is 14.8. The number of nitrogens with zero attached hydrogens (tertiary/aromatic N) is 1. The van der Waals surface area contributed by atoms with Gasteiger partial charge in [0, 0.05) is 17.8 Å². The van der Waals surface area contributed by atoms with Crippen LogP contribution in [0.4, 0.5) is 0 Å². The fourth-order valence-corrected chi connectivity index (χ4v) is 4.83. The molecule has 1 saturated carbocycles. The predicted octanol–water partition coefficient (Wildman–Crippen LogP) is 5.95. The van der Waals surface area contributed by atoms with E-state index in [0.29, 0.717) is 5.92 Å². The van der Waals surface area contributed by atoms with Crippen LogP contribution in [0.3, 0.4) is 0 Å². The number of benzene rings is 1. The van der Waals surface area contributed by atoms with Crippen molar-refractivity contribution in [2.24, 2.45) is 11.8 Å². The maximum absolute atomic E-state index is 10.1. The molecule has 0 bridgehead atoms. The Kier molecular flexibility index (Phi) is 5.27. The van der Waals surface area contributed by atoms with Crippen molar-refractivity contribution in [3.63, 3.8) is 0 Å². The molecule has 1 fully saturated rings. The van der Waals surface area contributed by atoms with Gasteiger partial charge in [0.2, 0.25) is 0 Å². The molecule has 1 aliphatic rings. The van der Waals surface area contributed by atoms with Gasteiger partial charge in [0.1, 0.15) is 0 Å². The Balaban J connectivity index is 1.70. The first-order chi connectivity index (χ1) is 11.2. The van der Waals surface area contributed by atoms with Gasteiger partial charge in [-0.2, -0.15) is 0 Å². The van der Waals surface area contributed by atoms with Crippen molar-refractivity contribution >= 4 is 21.4 Å². The third-order valence-corrected chi connectivity index (χ3v) is 6.25. The molecule has 3 heteroatoms. The van der Waals surface area contributed by atoms with Crippen LogP contribution in [0.25, 0.3) is 10.1 Å². The van der Waals surface area contributed by atoms with E-state index in [1.807, 2.05) is 0 Å². The Morgan fingerprint density at radius 1 is 1.30 bits per heavy atom. The highest BCUT2D eigenvalue weighted by Crippen LogP contribution is 2.33. The smallest absolute Gasteiger partial charge is 0.179 e. The van der Waals surface area contributed by atoms with Gasteiger partial charge in [-0.15, -0.1) is 11.3 Å². The van der Waals surface area contributed by atoms with E-state index < -0.39 is 0 Å². The Labute approximate surface area is 143 Å². The van der Waals surface area contributed by atoms with E-state index in [-0.39, 0.29) is 5.88 Å². The Hall–Kier alpha value is -1.48. The molecule has 3 rings (SSSR count). The van der Waals surface area contributed by atoms with Gasteiger partial charge in [-0.05, 0) is 53.7 Å². The Morgan fingerprint density at radius 3 is 2.87 bits per heavy atom. The molecule has 1 N–H and O–H groups in total. The second-order valence-electron chi connectivity index (χ2n) is 6.86. The average molecular weight is 330 g/mol. The van der Waals surface area contributed by atoms with E-state index in [1.165, 1.54) is 47.8 Å². The van der Waals surface area contributed by atoms with E-state index in [9.17, 15) is 5.11 Å². The largest absolute Gasteiger partial charge is 0.495 e. The first-order valence-electron chi connectivity index (χ1n) is 8.75. The van der Waals surface area contributed by atoms with Crippen molar-refractivity contribution in [2.45, 2.75) is 45.6 Å². The highest BCUT2D eigenvalue weighted by Gasteiger charge is 2.23. The molecule has 0 amide bonds. The molecular weight excluding hydrogens is 302 g/mol. The minimum atomic E-state index is 0.207. The lowest BCUT2D eigenvalue weighted by molar-refractivity contribution is 0.142. The fourth-order valence-electron chi connectivity index (χ4n) is 3.87. The highest BCUT2D eigenvalue weighted by molar-refractivity contribution is 7.17. The summed E-state index contributed by atoms with van der Waals surface area (Å²) in [6.07, 6.45) is 6.57. The standard InChI is InChI=1S/C20H27NOS/c1-3-16-7-6-8-17(11-16)12-21(15(2)22)13-18-14-23-20-10-5-4-9-19(18)20/h4-5,9-10,14,16-17,22H,2-3,6-8,11-13H2,1H3. The molecule has 2 atom stereocenters. The van der Waals surface area contributed by atoms with Gasteiger partial charge in [-0.25, -0.2) is 0 Å². The maximum Gasteiger partial charge on any atom is 0.179 e. The lowest BCUT2D eigenvalue weighted by Crippen LogP contribution is -2.31. The molecule has 2 nitrogen and oxygen atoms in total. The Morgan fingerprint density at radius 2 is 2.09 bits per heavy atom. The summed E-state index contributed by atoms with van der Waals surface area (Å²) < 4.78 is 1.31. The zero-order valence-electron chi connectivity index (χ0n) is 14.0. The third kappa shape index (κ3) is 3.89. The molecule has 0 aliphatic heterocycles. The number of hydrogen-bond donors (Lipinski definition) is 1. The predicted molar refractivity (Wildman–Crippen MR) is 99.7 cm³/mol. The summed E-state index contributed by atoms with van der Waals surface area (Å²) in [4.78, 5) is 2.07. The number of aliphatic hydroxyl groups is 1. The van der Waals surface area contributed by atoms with Gasteiger partial charge in [0.15, 0.2) is 5.88 Å². The summed E-state index contributed by atoms with van der Waals surface area (Å²) >= 11 is 1.78. The molecule has 2 unspecified atom stereocenters. The fraction of sp³-hybridized carbons (Fsp3) is 0.500. The van der Waals surface area contributed by atoms with E-state index >= 15 is 0 Å². The van der Waals surface area contributed by atoms with Crippen LogP contribution in [0.2, 0.25) is 0 Å². The van der Waals surface area contributed by atoms with Crippen LogP contribution in [-0.2, 0) is 6.54 Å². The van der Waals surface area contributed by atoms with E-state index in [1.54, 1.807) is 11.3 Å². The molecule has 1 aromatic carbocycles. The number of rotatable bonds is 6. The summed E-state index contributed by atoms with van der Waals surface area (Å²) in [7, 11) is 0. The summed E-state index contributed by atoms with van der Waals surface area (Å²) in [6, 6.07) is 8.50. The molecule has 0 radical (unpaired) electrons. The SMILES string of the molecule is C=C(O)N(Cc1csc2ccccc12)CC1CCCC(CC)C1. The molecule has 23 heavy (non-hydrogen) atoms. The first kappa shape index (κ1) is 16.4. The quantitative estimate of drug-likeness (QED) is 0.662. The first-order valence-corrected chi connectivity index (χ1v) is 9.63. The average Bonchev–Trinajstić information content (AvgIpc) is 2.97. The normalized spacial score (nSPS) is 21.4. The molecule has 2 aromatic rings. The zero-order chi connectivity index (χ0) is 16.2. The molecular formula is C20H27NOS. The van der Waals surface area contributed by atoms with E-state index in [4.69, 9.17) is 0 Å². The third-order valence-electron chi connectivity index (χ3n) is 5.23. The van der Waals surface area contributed by atoms with Gasteiger partial charge < -0.3 is 10.0 Å². The van der Waals surface area contributed by atoms with Crippen molar-refractivity contribution in [1.29, 1.82) is 0 Å². The van der Waals surface area contributed by atoms with Crippen molar-refractivity contribution in [2.75, 3.05) is 6.54 Å². The monoisotopic (exact) mass is 329 g/mol. The van der Waals surface area contributed by atoms with Crippen molar-refractivity contribution in [1.82, 2.24) is 4.90 Å². The number of hydrogen-bond acceptors (Lipinski definition) is 3. The maximum atomic E-state index is 10.1. The van der Waals surface area contributed by atoms with Crippen molar-refractivity contribution in [3.05, 3.63) is 47.7 Å². The number of thiophene rings is 1. The second kappa shape index (κ2) is 7.39. The molecule has 1 aromatic heterocycles. The van der Waals surface area contributed by atoms with Crippen LogP contribution in [0, 0.1) is 11.8 Å². The summed E-state index contributed by atoms with van der Waals surface area (Å²) in [5, 5.41) is 13.6. The highest BCUT2D eigenvalue weighted by atomic mass is 32.1. The summed E-state index contributed by atoms with van der Waals surface area (Å²) in [6.45, 7) is 7.79. The lowest BCUT2D eigenvalue weighted by atomic mass is 9.80. The van der Waals surface area contributed by atoms with Crippen LogP contribution in [-0.4, -0.2) is 16.6 Å². The van der Waals surface area contributed by atoms with Gasteiger partial charge in [-0.1, -0.05) is 44.4 Å². The van der Waals surface area contributed by atoms with Crippen molar-refractivity contribution in [3.8, 4) is 0 Å². The molecule has 1 heterocycles. The van der Waals surface area contributed by atoms with Gasteiger partial charge in [0.05, 0.1) is 0 Å². The number of aliphatic hydroxyl groups excluding tert-OH is 1. The lowest BCUT2D eigenvalue weighted by Gasteiger charge is -2.33. The van der Waals surface area contributed by atoms with Crippen molar-refractivity contribution < 1.29 is 5.11 Å². The summed E-state index contributed by atoms with van der Waals surface area (Å²) in [5.41, 5.74) is 1.30. The Bertz CT molecular complexity index is 662. The molecule has 0 saturated heterocycles. The van der Waals surface area contributed by atoms with Crippen LogP contribution in [0.15, 0.2) is 42.1 Å². The van der Waals surface area contributed by atoms with Gasteiger partial charge in [0.25, 0.3) is 0 Å². The van der Waals surface area contributed by atoms with Crippen LogP contribution < -0.4 is 0 Å². The molecule has 0 spiro atoms.